The lowest BCUT2D eigenvalue weighted by molar-refractivity contribution is -0.126. The molecule has 1 saturated heterocycles. The molecule has 1 aliphatic heterocycles. The SMILES string of the molecule is CN(C)c1ncccc1CNC(=O)C1CCN(C(=O)OC(C)(C)C)CC1. The number of piperidine rings is 1. The average Bonchev–Trinajstić information content (AvgIpc) is 2.58. The topological polar surface area (TPSA) is 74.8 Å². The highest BCUT2D eigenvalue weighted by molar-refractivity contribution is 5.79. The van der Waals surface area contributed by atoms with E-state index >= 15 is 0 Å². The van der Waals surface area contributed by atoms with Crippen molar-refractivity contribution < 1.29 is 14.3 Å². The van der Waals surface area contributed by atoms with Crippen molar-refractivity contribution in [2.75, 3.05) is 32.1 Å². The molecule has 7 heteroatoms. The normalized spacial score (nSPS) is 15.5. The number of pyridine rings is 1. The fourth-order valence-corrected chi connectivity index (χ4v) is 2.95. The number of nitrogens with one attached hydrogen (secondary N) is 1. The van der Waals surface area contributed by atoms with E-state index in [4.69, 9.17) is 4.74 Å². The number of hydrogen-bond donors (Lipinski definition) is 1. The van der Waals surface area contributed by atoms with Crippen molar-refractivity contribution in [3.63, 3.8) is 0 Å². The molecule has 144 valence electrons. The highest BCUT2D eigenvalue weighted by Crippen LogP contribution is 2.20. The fourth-order valence-electron chi connectivity index (χ4n) is 2.95. The quantitative estimate of drug-likeness (QED) is 0.890. The van der Waals surface area contributed by atoms with E-state index < -0.39 is 5.60 Å². The van der Waals surface area contributed by atoms with Crippen molar-refractivity contribution in [3.8, 4) is 0 Å². The molecule has 0 unspecified atom stereocenters. The lowest BCUT2D eigenvalue weighted by atomic mass is 9.96. The number of anilines is 1. The Kier molecular flexibility index (Phi) is 6.45. The van der Waals surface area contributed by atoms with Crippen LogP contribution in [0.3, 0.4) is 0 Å². The maximum atomic E-state index is 12.5. The predicted octanol–water partition coefficient (Wildman–Crippen LogP) is 2.41. The van der Waals surface area contributed by atoms with Crippen LogP contribution < -0.4 is 10.2 Å². The highest BCUT2D eigenvalue weighted by atomic mass is 16.6. The van der Waals surface area contributed by atoms with Gasteiger partial charge in [-0.1, -0.05) is 6.07 Å². The molecule has 26 heavy (non-hydrogen) atoms. The van der Waals surface area contributed by atoms with Crippen LogP contribution in [0.1, 0.15) is 39.2 Å². The molecule has 1 aliphatic rings. The minimum absolute atomic E-state index is 0.0300. The van der Waals surface area contributed by atoms with Gasteiger partial charge in [-0.15, -0.1) is 0 Å². The summed E-state index contributed by atoms with van der Waals surface area (Å²) in [6.45, 7) is 7.10. The van der Waals surface area contributed by atoms with Gasteiger partial charge in [-0.25, -0.2) is 9.78 Å². The van der Waals surface area contributed by atoms with Crippen molar-refractivity contribution >= 4 is 17.8 Å². The molecule has 0 aromatic carbocycles. The van der Waals surface area contributed by atoms with Gasteiger partial charge in [0, 0.05) is 51.4 Å². The van der Waals surface area contributed by atoms with Crippen LogP contribution in [0, 0.1) is 5.92 Å². The molecule has 2 amide bonds. The molecule has 2 heterocycles. The van der Waals surface area contributed by atoms with Gasteiger partial charge < -0.3 is 19.9 Å². The summed E-state index contributed by atoms with van der Waals surface area (Å²) in [5, 5.41) is 3.01. The Hall–Kier alpha value is -2.31. The van der Waals surface area contributed by atoms with E-state index in [1.807, 2.05) is 51.9 Å². The molecule has 1 fully saturated rings. The van der Waals surface area contributed by atoms with E-state index in [1.165, 1.54) is 0 Å². The summed E-state index contributed by atoms with van der Waals surface area (Å²) in [5.74, 6) is 0.808. The summed E-state index contributed by atoms with van der Waals surface area (Å²) in [6, 6.07) is 3.83. The Bertz CT molecular complexity index is 632. The number of aromatic nitrogens is 1. The van der Waals surface area contributed by atoms with E-state index in [0.29, 0.717) is 32.5 Å². The van der Waals surface area contributed by atoms with E-state index in [2.05, 4.69) is 10.3 Å². The third-order valence-corrected chi connectivity index (χ3v) is 4.26. The van der Waals surface area contributed by atoms with Crippen molar-refractivity contribution in [1.29, 1.82) is 0 Å². The molecule has 0 bridgehead atoms. The first-order chi connectivity index (χ1) is 12.2. The van der Waals surface area contributed by atoms with Crippen LogP contribution in [0.5, 0.6) is 0 Å². The largest absolute Gasteiger partial charge is 0.444 e. The lowest BCUT2D eigenvalue weighted by Gasteiger charge is -2.33. The van der Waals surface area contributed by atoms with Crippen molar-refractivity contribution in [1.82, 2.24) is 15.2 Å². The Morgan fingerprint density at radius 3 is 2.54 bits per heavy atom. The first-order valence-corrected chi connectivity index (χ1v) is 9.04. The molecular weight excluding hydrogens is 332 g/mol. The number of carbonyl (C=O) groups excluding carboxylic acids is 2. The van der Waals surface area contributed by atoms with Crippen molar-refractivity contribution in [2.24, 2.45) is 5.92 Å². The van der Waals surface area contributed by atoms with Gasteiger partial charge in [-0.05, 0) is 39.7 Å². The second-order valence-corrected chi connectivity index (χ2v) is 7.84. The van der Waals surface area contributed by atoms with Crippen molar-refractivity contribution in [3.05, 3.63) is 23.9 Å². The minimum atomic E-state index is -0.501. The van der Waals surface area contributed by atoms with Gasteiger partial charge in [0.1, 0.15) is 11.4 Å². The molecular formula is C19H30N4O3. The summed E-state index contributed by atoms with van der Waals surface area (Å²) in [5.41, 5.74) is 0.483. The summed E-state index contributed by atoms with van der Waals surface area (Å²) in [4.78, 5) is 32.5. The maximum Gasteiger partial charge on any atom is 0.410 e. The molecule has 1 N–H and O–H groups in total. The zero-order valence-electron chi connectivity index (χ0n) is 16.4. The molecule has 0 atom stereocenters. The smallest absolute Gasteiger partial charge is 0.410 e. The predicted molar refractivity (Wildman–Crippen MR) is 101 cm³/mol. The Balaban J connectivity index is 1.83. The van der Waals surface area contributed by atoms with Crippen LogP contribution in [-0.2, 0) is 16.1 Å². The number of hydrogen-bond acceptors (Lipinski definition) is 5. The number of nitrogens with zero attached hydrogens (tertiary/aromatic N) is 3. The Labute approximate surface area is 155 Å². The number of carbonyl (C=O) groups is 2. The van der Waals surface area contributed by atoms with Crippen LogP contribution in [-0.4, -0.2) is 54.7 Å². The van der Waals surface area contributed by atoms with E-state index in [0.717, 1.165) is 11.4 Å². The minimum Gasteiger partial charge on any atom is -0.444 e. The van der Waals surface area contributed by atoms with Gasteiger partial charge in [0.25, 0.3) is 0 Å². The third-order valence-electron chi connectivity index (χ3n) is 4.26. The third kappa shape index (κ3) is 5.61. The molecule has 2 rings (SSSR count). The van der Waals surface area contributed by atoms with Gasteiger partial charge in [0.15, 0.2) is 0 Å². The zero-order chi connectivity index (χ0) is 19.3. The molecule has 1 aromatic rings. The maximum absolute atomic E-state index is 12.5. The van der Waals surface area contributed by atoms with Gasteiger partial charge in [0.05, 0.1) is 0 Å². The van der Waals surface area contributed by atoms with Crippen LogP contribution in [0.2, 0.25) is 0 Å². The highest BCUT2D eigenvalue weighted by Gasteiger charge is 2.29. The van der Waals surface area contributed by atoms with Crippen LogP contribution in [0.15, 0.2) is 18.3 Å². The summed E-state index contributed by atoms with van der Waals surface area (Å²) in [7, 11) is 3.86. The van der Waals surface area contributed by atoms with Crippen LogP contribution in [0.25, 0.3) is 0 Å². The van der Waals surface area contributed by atoms with Crippen molar-refractivity contribution in [2.45, 2.75) is 45.8 Å². The first-order valence-electron chi connectivity index (χ1n) is 9.04. The number of ether oxygens (including phenoxy) is 1. The number of amides is 2. The van der Waals surface area contributed by atoms with Gasteiger partial charge in [0.2, 0.25) is 5.91 Å². The number of rotatable bonds is 4. The molecule has 0 radical (unpaired) electrons. The summed E-state index contributed by atoms with van der Waals surface area (Å²) in [6.07, 6.45) is 2.74. The zero-order valence-corrected chi connectivity index (χ0v) is 16.4. The molecule has 0 saturated carbocycles. The van der Waals surface area contributed by atoms with Gasteiger partial charge in [-0.2, -0.15) is 0 Å². The van der Waals surface area contributed by atoms with Crippen LogP contribution >= 0.6 is 0 Å². The molecule has 0 aliphatic carbocycles. The van der Waals surface area contributed by atoms with Gasteiger partial charge >= 0.3 is 6.09 Å². The Morgan fingerprint density at radius 1 is 1.31 bits per heavy atom. The average molecular weight is 362 g/mol. The first kappa shape index (κ1) is 20.0. The monoisotopic (exact) mass is 362 g/mol. The standard InChI is InChI=1S/C19H30N4O3/c1-19(2,3)26-18(25)23-11-8-14(9-12-23)17(24)21-13-15-7-6-10-20-16(15)22(4)5/h6-7,10,14H,8-9,11-13H2,1-5H3,(H,21,24). The van der Waals surface area contributed by atoms with Gasteiger partial charge in [-0.3, -0.25) is 4.79 Å². The number of likely N-dealkylation sites (tertiary alicyclic amines) is 1. The van der Waals surface area contributed by atoms with Crippen LogP contribution in [0.4, 0.5) is 10.6 Å². The fraction of sp³-hybridized carbons (Fsp3) is 0.632. The second kappa shape index (κ2) is 8.38. The van der Waals surface area contributed by atoms with E-state index in [9.17, 15) is 9.59 Å². The molecule has 7 nitrogen and oxygen atoms in total. The summed E-state index contributed by atoms with van der Waals surface area (Å²) < 4.78 is 5.39. The molecule has 0 spiro atoms. The van der Waals surface area contributed by atoms with E-state index in [1.54, 1.807) is 11.1 Å². The second-order valence-electron chi connectivity index (χ2n) is 7.84. The molecule has 1 aromatic heterocycles. The Morgan fingerprint density at radius 2 is 1.96 bits per heavy atom. The lowest BCUT2D eigenvalue weighted by Crippen LogP contribution is -2.44. The van der Waals surface area contributed by atoms with E-state index in [-0.39, 0.29) is 17.9 Å². The summed E-state index contributed by atoms with van der Waals surface area (Å²) >= 11 is 0.